The Balaban J connectivity index is 2.35. The summed E-state index contributed by atoms with van der Waals surface area (Å²) in [6, 6.07) is 7.49. The molecule has 0 saturated heterocycles. The Kier molecular flexibility index (Phi) is 5.45. The number of anilines is 1. The molecule has 1 aromatic heterocycles. The highest BCUT2D eigenvalue weighted by Gasteiger charge is 2.18. The number of nitrogens with zero attached hydrogens (tertiary/aromatic N) is 2. The zero-order valence-corrected chi connectivity index (χ0v) is 12.0. The van der Waals surface area contributed by atoms with Gasteiger partial charge in [-0.25, -0.2) is 4.79 Å². The molecule has 1 aromatic carbocycles. The zero-order chi connectivity index (χ0) is 15.1. The number of unbranched alkanes of at least 4 members (excludes halogenated alkanes) is 1. The highest BCUT2D eigenvalue weighted by atomic mass is 16.5. The van der Waals surface area contributed by atoms with Crippen LogP contribution in [0.3, 0.4) is 0 Å². The Labute approximate surface area is 123 Å². The van der Waals surface area contributed by atoms with Crippen molar-refractivity contribution in [1.29, 1.82) is 0 Å². The van der Waals surface area contributed by atoms with E-state index in [1.165, 1.54) is 0 Å². The van der Waals surface area contributed by atoms with Gasteiger partial charge < -0.3 is 15.2 Å². The van der Waals surface area contributed by atoms with E-state index in [1.807, 2.05) is 24.3 Å². The molecule has 0 aliphatic heterocycles. The molecule has 0 bridgehead atoms. The number of fused-ring (bicyclic) bond motifs is 1. The van der Waals surface area contributed by atoms with Gasteiger partial charge in [0.25, 0.3) is 0 Å². The fourth-order valence-electron chi connectivity index (χ4n) is 2.03. The smallest absolute Gasteiger partial charge is 0.361 e. The predicted molar refractivity (Wildman–Crippen MR) is 80.3 cm³/mol. The third-order valence-corrected chi connectivity index (χ3v) is 3.02. The van der Waals surface area contributed by atoms with Crippen LogP contribution in [0.5, 0.6) is 0 Å². The molecule has 6 nitrogen and oxygen atoms in total. The molecule has 6 heteroatoms. The number of esters is 1. The zero-order valence-electron chi connectivity index (χ0n) is 12.0. The Bertz CT molecular complexity index is 616. The molecular weight excluding hydrogens is 270 g/mol. The number of rotatable bonds is 7. The molecule has 0 spiro atoms. The van der Waals surface area contributed by atoms with Crippen molar-refractivity contribution in [2.24, 2.45) is 0 Å². The van der Waals surface area contributed by atoms with Crippen LogP contribution in [-0.4, -0.2) is 41.0 Å². The standard InChI is InChI=1S/C15H19N3O3/c1-2-21-15(20)14-13(16-9-5-6-10-19)11-7-3-4-8-12(11)17-18-14/h3-4,7-8,19H,2,5-6,9-10H2,1H3,(H,16,17). The second kappa shape index (κ2) is 7.54. The lowest BCUT2D eigenvalue weighted by Crippen LogP contribution is -2.14. The van der Waals surface area contributed by atoms with Crippen molar-refractivity contribution in [3.05, 3.63) is 30.0 Å². The first-order valence-electron chi connectivity index (χ1n) is 7.05. The molecule has 1 heterocycles. The van der Waals surface area contributed by atoms with Crippen molar-refractivity contribution in [1.82, 2.24) is 10.2 Å². The fourth-order valence-corrected chi connectivity index (χ4v) is 2.03. The van der Waals surface area contributed by atoms with Crippen molar-refractivity contribution in [2.75, 3.05) is 25.1 Å². The topological polar surface area (TPSA) is 84.3 Å². The Morgan fingerprint density at radius 1 is 1.29 bits per heavy atom. The summed E-state index contributed by atoms with van der Waals surface area (Å²) in [6.07, 6.45) is 1.51. The summed E-state index contributed by atoms with van der Waals surface area (Å²) in [5.74, 6) is -0.486. The second-order valence-electron chi connectivity index (χ2n) is 4.52. The third kappa shape index (κ3) is 3.66. The van der Waals surface area contributed by atoms with Gasteiger partial charge in [-0.05, 0) is 25.8 Å². The number of benzene rings is 1. The fraction of sp³-hybridized carbons (Fsp3) is 0.400. The maximum Gasteiger partial charge on any atom is 0.361 e. The number of carbonyl (C=O) groups is 1. The molecule has 112 valence electrons. The molecule has 2 N–H and O–H groups in total. The first kappa shape index (κ1) is 15.2. The molecule has 0 radical (unpaired) electrons. The van der Waals surface area contributed by atoms with E-state index in [0.717, 1.165) is 17.3 Å². The van der Waals surface area contributed by atoms with Gasteiger partial charge in [-0.1, -0.05) is 18.2 Å². The highest BCUT2D eigenvalue weighted by Crippen LogP contribution is 2.24. The summed E-state index contributed by atoms with van der Waals surface area (Å²) >= 11 is 0. The predicted octanol–water partition coefficient (Wildman–Crippen LogP) is 1.99. The average Bonchev–Trinajstić information content (AvgIpc) is 2.51. The molecule has 0 aliphatic carbocycles. The molecule has 0 aliphatic rings. The van der Waals surface area contributed by atoms with Gasteiger partial charge in [-0.15, -0.1) is 10.2 Å². The van der Waals surface area contributed by atoms with Gasteiger partial charge in [-0.3, -0.25) is 0 Å². The molecule has 0 fully saturated rings. The van der Waals surface area contributed by atoms with Crippen molar-refractivity contribution < 1.29 is 14.6 Å². The average molecular weight is 289 g/mol. The molecule has 2 aromatic rings. The van der Waals surface area contributed by atoms with Crippen LogP contribution >= 0.6 is 0 Å². The quantitative estimate of drug-likeness (QED) is 0.599. The molecule has 0 unspecified atom stereocenters. The van der Waals surface area contributed by atoms with Crippen LogP contribution in [0.1, 0.15) is 30.3 Å². The maximum absolute atomic E-state index is 12.0. The lowest BCUT2D eigenvalue weighted by molar-refractivity contribution is 0.0519. The van der Waals surface area contributed by atoms with E-state index in [9.17, 15) is 4.79 Å². The number of nitrogens with one attached hydrogen (secondary N) is 1. The van der Waals surface area contributed by atoms with Gasteiger partial charge >= 0.3 is 5.97 Å². The van der Waals surface area contributed by atoms with Crippen LogP contribution < -0.4 is 5.32 Å². The summed E-state index contributed by atoms with van der Waals surface area (Å²) in [5.41, 5.74) is 1.55. The largest absolute Gasteiger partial charge is 0.461 e. The van der Waals surface area contributed by atoms with E-state index in [0.29, 0.717) is 18.7 Å². The first-order valence-corrected chi connectivity index (χ1v) is 7.05. The second-order valence-corrected chi connectivity index (χ2v) is 4.52. The van der Waals surface area contributed by atoms with E-state index >= 15 is 0 Å². The Morgan fingerprint density at radius 2 is 2.10 bits per heavy atom. The minimum atomic E-state index is -0.486. The minimum Gasteiger partial charge on any atom is -0.461 e. The SMILES string of the molecule is CCOC(=O)c1nnc2ccccc2c1NCCCCO. The monoisotopic (exact) mass is 289 g/mol. The summed E-state index contributed by atoms with van der Waals surface area (Å²) in [7, 11) is 0. The summed E-state index contributed by atoms with van der Waals surface area (Å²) < 4.78 is 5.02. The number of aromatic nitrogens is 2. The Hall–Kier alpha value is -2.21. The van der Waals surface area contributed by atoms with Crippen molar-refractivity contribution in [3.8, 4) is 0 Å². The van der Waals surface area contributed by atoms with Gasteiger partial charge in [0, 0.05) is 18.5 Å². The van der Waals surface area contributed by atoms with Crippen LogP contribution in [0.2, 0.25) is 0 Å². The van der Waals surface area contributed by atoms with Crippen molar-refractivity contribution >= 4 is 22.6 Å². The summed E-state index contributed by atoms with van der Waals surface area (Å²) in [4.78, 5) is 12.0. The highest BCUT2D eigenvalue weighted by molar-refractivity contribution is 6.03. The van der Waals surface area contributed by atoms with E-state index in [4.69, 9.17) is 9.84 Å². The summed E-state index contributed by atoms with van der Waals surface area (Å²) in [6.45, 7) is 2.84. The number of hydrogen-bond acceptors (Lipinski definition) is 6. The van der Waals surface area contributed by atoms with Crippen LogP contribution in [0.15, 0.2) is 24.3 Å². The molecule has 21 heavy (non-hydrogen) atoms. The van der Waals surface area contributed by atoms with E-state index in [-0.39, 0.29) is 18.9 Å². The van der Waals surface area contributed by atoms with E-state index < -0.39 is 5.97 Å². The van der Waals surface area contributed by atoms with Crippen molar-refractivity contribution in [2.45, 2.75) is 19.8 Å². The maximum atomic E-state index is 12.0. The van der Waals surface area contributed by atoms with Gasteiger partial charge in [0.1, 0.15) is 0 Å². The number of hydrogen-bond donors (Lipinski definition) is 2. The molecule has 0 amide bonds. The van der Waals surface area contributed by atoms with Crippen LogP contribution in [0, 0.1) is 0 Å². The molecule has 0 atom stereocenters. The van der Waals surface area contributed by atoms with E-state index in [1.54, 1.807) is 6.92 Å². The van der Waals surface area contributed by atoms with Crippen LogP contribution in [0.4, 0.5) is 5.69 Å². The van der Waals surface area contributed by atoms with Crippen LogP contribution in [-0.2, 0) is 4.74 Å². The molecular formula is C15H19N3O3. The minimum absolute atomic E-state index is 0.155. The third-order valence-electron chi connectivity index (χ3n) is 3.02. The number of ether oxygens (including phenoxy) is 1. The number of aliphatic hydroxyl groups is 1. The normalized spacial score (nSPS) is 10.6. The first-order chi connectivity index (χ1) is 10.3. The number of aliphatic hydroxyl groups excluding tert-OH is 1. The van der Waals surface area contributed by atoms with Crippen molar-refractivity contribution in [3.63, 3.8) is 0 Å². The molecule has 2 rings (SSSR count). The Morgan fingerprint density at radius 3 is 2.86 bits per heavy atom. The summed E-state index contributed by atoms with van der Waals surface area (Å²) in [5, 5.41) is 20.9. The van der Waals surface area contributed by atoms with Gasteiger partial charge in [0.05, 0.1) is 17.8 Å². The molecule has 0 saturated carbocycles. The number of carbonyl (C=O) groups excluding carboxylic acids is 1. The van der Waals surface area contributed by atoms with Crippen LogP contribution in [0.25, 0.3) is 10.9 Å². The van der Waals surface area contributed by atoms with Gasteiger partial charge in [-0.2, -0.15) is 0 Å². The lowest BCUT2D eigenvalue weighted by Gasteiger charge is -2.12. The van der Waals surface area contributed by atoms with E-state index in [2.05, 4.69) is 15.5 Å². The van der Waals surface area contributed by atoms with Gasteiger partial charge in [0.15, 0.2) is 5.69 Å². The lowest BCUT2D eigenvalue weighted by atomic mass is 10.1. The van der Waals surface area contributed by atoms with Gasteiger partial charge in [0.2, 0.25) is 0 Å².